The number of rotatable bonds is 63. The molecule has 0 bridgehead atoms. The van der Waals surface area contributed by atoms with Crippen molar-refractivity contribution in [1.29, 1.82) is 0 Å². The number of ether oxygens (including phenoxy) is 3. The van der Waals surface area contributed by atoms with Gasteiger partial charge in [0.05, 0.1) is 0 Å². The predicted molar refractivity (Wildman–Crippen MR) is 344 cm³/mol. The number of hydrogen-bond acceptors (Lipinski definition) is 6. The Balaban J connectivity index is 4.27. The summed E-state index contributed by atoms with van der Waals surface area (Å²) in [7, 11) is 0. The van der Waals surface area contributed by atoms with Gasteiger partial charge in [-0.15, -0.1) is 0 Å². The normalized spacial score (nSPS) is 12.5. The SMILES string of the molecule is CC/C=C\C/C=C\C/C=C\C/C=C\C/C=C\C/C=C\CCCCCCCCCCC(=O)OCC(COC(=O)CCCCCCCCCCCCCC)OC(=O)CCCCCCCCCCCCCCCCCCCCCCCC. The Hall–Kier alpha value is -3.15. The number of esters is 3. The smallest absolute Gasteiger partial charge is 0.306 e. The molecule has 6 nitrogen and oxygen atoms in total. The molecular weight excluding hydrogens is 973 g/mol. The monoisotopic (exact) mass is 1100 g/mol. The molecule has 0 aliphatic heterocycles. The van der Waals surface area contributed by atoms with E-state index in [4.69, 9.17) is 14.2 Å². The molecule has 1 unspecified atom stereocenters. The van der Waals surface area contributed by atoms with Gasteiger partial charge in [0.1, 0.15) is 13.2 Å². The van der Waals surface area contributed by atoms with E-state index in [0.29, 0.717) is 19.3 Å². The maximum Gasteiger partial charge on any atom is 0.306 e. The fourth-order valence-corrected chi connectivity index (χ4v) is 10.1. The molecule has 0 N–H and O–H groups in total. The molecule has 79 heavy (non-hydrogen) atoms. The molecule has 0 aromatic carbocycles. The minimum absolute atomic E-state index is 0.0726. The molecule has 0 amide bonds. The van der Waals surface area contributed by atoms with Gasteiger partial charge in [-0.2, -0.15) is 0 Å². The molecule has 6 heteroatoms. The van der Waals surface area contributed by atoms with Gasteiger partial charge in [-0.1, -0.05) is 338 Å². The lowest BCUT2D eigenvalue weighted by Gasteiger charge is -2.18. The van der Waals surface area contributed by atoms with Gasteiger partial charge in [0.2, 0.25) is 0 Å². The molecule has 0 aromatic heterocycles. The average molecular weight is 1100 g/mol. The van der Waals surface area contributed by atoms with Gasteiger partial charge in [-0.25, -0.2) is 0 Å². The quantitative estimate of drug-likeness (QED) is 0.0261. The van der Waals surface area contributed by atoms with E-state index >= 15 is 0 Å². The van der Waals surface area contributed by atoms with E-state index < -0.39 is 6.10 Å². The van der Waals surface area contributed by atoms with Crippen molar-refractivity contribution in [3.8, 4) is 0 Å². The van der Waals surface area contributed by atoms with E-state index in [0.717, 1.165) is 103 Å². The van der Waals surface area contributed by atoms with Crippen LogP contribution in [0.3, 0.4) is 0 Å². The summed E-state index contributed by atoms with van der Waals surface area (Å²) >= 11 is 0. The average Bonchev–Trinajstić information content (AvgIpc) is 3.45. The van der Waals surface area contributed by atoms with Crippen LogP contribution in [0.5, 0.6) is 0 Å². The van der Waals surface area contributed by atoms with Crippen molar-refractivity contribution in [2.24, 2.45) is 0 Å². The minimum Gasteiger partial charge on any atom is -0.462 e. The second kappa shape index (κ2) is 67.4. The largest absolute Gasteiger partial charge is 0.462 e. The summed E-state index contributed by atoms with van der Waals surface area (Å²) in [5.41, 5.74) is 0. The van der Waals surface area contributed by atoms with Crippen LogP contribution in [0.15, 0.2) is 72.9 Å². The highest BCUT2D eigenvalue weighted by Gasteiger charge is 2.19. The van der Waals surface area contributed by atoms with Crippen LogP contribution in [0.25, 0.3) is 0 Å². The zero-order valence-corrected chi connectivity index (χ0v) is 52.6. The molecule has 0 fully saturated rings. The predicted octanol–water partition coefficient (Wildman–Crippen LogP) is 23.7. The highest BCUT2D eigenvalue weighted by molar-refractivity contribution is 5.71. The van der Waals surface area contributed by atoms with Crippen LogP contribution in [0.4, 0.5) is 0 Å². The topological polar surface area (TPSA) is 78.9 Å². The highest BCUT2D eigenvalue weighted by Crippen LogP contribution is 2.18. The Morgan fingerprint density at radius 1 is 0.266 bits per heavy atom. The van der Waals surface area contributed by atoms with E-state index in [2.05, 4.69) is 93.7 Å². The van der Waals surface area contributed by atoms with Gasteiger partial charge in [0.15, 0.2) is 6.10 Å². The van der Waals surface area contributed by atoms with Crippen LogP contribution in [0.1, 0.15) is 355 Å². The van der Waals surface area contributed by atoms with Gasteiger partial charge in [0.25, 0.3) is 0 Å². The third-order valence-electron chi connectivity index (χ3n) is 15.2. The zero-order valence-electron chi connectivity index (χ0n) is 52.6. The number of carbonyl (C=O) groups excluding carboxylic acids is 3. The van der Waals surface area contributed by atoms with Crippen molar-refractivity contribution < 1.29 is 28.6 Å². The minimum atomic E-state index is -0.776. The molecule has 458 valence electrons. The summed E-state index contributed by atoms with van der Waals surface area (Å²) in [6.45, 7) is 6.57. The van der Waals surface area contributed by atoms with Crippen molar-refractivity contribution in [3.05, 3.63) is 72.9 Å². The lowest BCUT2D eigenvalue weighted by molar-refractivity contribution is -0.167. The Morgan fingerprint density at radius 3 is 0.772 bits per heavy atom. The number of allylic oxidation sites excluding steroid dienone is 12. The Bertz CT molecular complexity index is 1450. The van der Waals surface area contributed by atoms with Crippen molar-refractivity contribution >= 4 is 17.9 Å². The van der Waals surface area contributed by atoms with E-state index in [1.165, 1.54) is 212 Å². The van der Waals surface area contributed by atoms with Crippen molar-refractivity contribution in [2.75, 3.05) is 13.2 Å². The van der Waals surface area contributed by atoms with Crippen LogP contribution in [-0.4, -0.2) is 37.2 Å². The Labute approximate surface area is 491 Å². The molecule has 0 rings (SSSR count). The number of hydrogen-bond donors (Lipinski definition) is 0. The van der Waals surface area contributed by atoms with Gasteiger partial charge >= 0.3 is 17.9 Å². The summed E-state index contributed by atoms with van der Waals surface area (Å²) in [5.74, 6) is -0.860. The summed E-state index contributed by atoms with van der Waals surface area (Å²) in [6.07, 6.45) is 87.8. The molecular formula is C73H130O6. The van der Waals surface area contributed by atoms with Crippen LogP contribution >= 0.6 is 0 Å². The zero-order chi connectivity index (χ0) is 57.1. The molecule has 0 heterocycles. The van der Waals surface area contributed by atoms with E-state index in [1.807, 2.05) is 0 Å². The van der Waals surface area contributed by atoms with Crippen LogP contribution < -0.4 is 0 Å². The first kappa shape index (κ1) is 75.8. The Kier molecular flexibility index (Phi) is 64.7. The molecule has 0 aliphatic carbocycles. The van der Waals surface area contributed by atoms with E-state index in [9.17, 15) is 14.4 Å². The molecule has 0 radical (unpaired) electrons. The summed E-state index contributed by atoms with van der Waals surface area (Å²) in [6, 6.07) is 0. The third kappa shape index (κ3) is 65.5. The summed E-state index contributed by atoms with van der Waals surface area (Å²) in [4.78, 5) is 38.4. The van der Waals surface area contributed by atoms with Crippen molar-refractivity contribution in [3.63, 3.8) is 0 Å². The fraction of sp³-hybridized carbons (Fsp3) is 0.795. The van der Waals surface area contributed by atoms with Crippen molar-refractivity contribution in [1.82, 2.24) is 0 Å². The van der Waals surface area contributed by atoms with Gasteiger partial charge in [0, 0.05) is 19.3 Å². The summed E-state index contributed by atoms with van der Waals surface area (Å²) in [5, 5.41) is 0. The lowest BCUT2D eigenvalue weighted by Crippen LogP contribution is -2.30. The van der Waals surface area contributed by atoms with E-state index in [1.54, 1.807) is 0 Å². The van der Waals surface area contributed by atoms with Crippen LogP contribution in [-0.2, 0) is 28.6 Å². The molecule has 0 saturated carbocycles. The molecule has 0 aliphatic rings. The number of carbonyl (C=O) groups is 3. The van der Waals surface area contributed by atoms with Crippen LogP contribution in [0.2, 0.25) is 0 Å². The lowest BCUT2D eigenvalue weighted by atomic mass is 10.0. The maximum absolute atomic E-state index is 12.9. The van der Waals surface area contributed by atoms with Crippen LogP contribution in [0, 0.1) is 0 Å². The highest BCUT2D eigenvalue weighted by atomic mass is 16.6. The molecule has 0 saturated heterocycles. The molecule has 1 atom stereocenters. The number of unbranched alkanes of at least 4 members (excludes halogenated alkanes) is 40. The second-order valence-corrected chi connectivity index (χ2v) is 23.1. The van der Waals surface area contributed by atoms with Crippen molar-refractivity contribution in [2.45, 2.75) is 361 Å². The van der Waals surface area contributed by atoms with Gasteiger partial charge < -0.3 is 14.2 Å². The Morgan fingerprint density at radius 2 is 0.494 bits per heavy atom. The standard InChI is InChI=1S/C73H130O6/c1-4-7-10-13-16-19-22-25-27-29-31-33-35-36-37-38-39-41-42-44-46-48-51-54-57-60-63-66-72(75)78-69-70(68-77-71(74)65-62-59-56-53-50-24-21-18-15-12-9-6-3)79-73(76)67-64-61-58-55-52-49-47-45-43-40-34-32-30-28-26-23-20-17-14-11-8-5-2/h7,10,16,19,25,27,31,33,36-37,39,41,70H,4-6,8-9,11-15,17-18,20-24,26,28-30,32,34-35,38,40,42-69H2,1-3H3/b10-7-,19-16-,27-25-,33-31-,37-36-,41-39-. The van der Waals surface area contributed by atoms with Gasteiger partial charge in [-0.05, 0) is 70.6 Å². The van der Waals surface area contributed by atoms with E-state index in [-0.39, 0.29) is 31.1 Å². The first-order chi connectivity index (χ1) is 39.0. The molecule has 0 aromatic rings. The summed E-state index contributed by atoms with van der Waals surface area (Å²) < 4.78 is 17.0. The maximum atomic E-state index is 12.9. The van der Waals surface area contributed by atoms with Gasteiger partial charge in [-0.3, -0.25) is 14.4 Å². The first-order valence-corrected chi connectivity index (χ1v) is 34.4. The fourth-order valence-electron chi connectivity index (χ4n) is 10.1. The second-order valence-electron chi connectivity index (χ2n) is 23.1. The third-order valence-corrected chi connectivity index (χ3v) is 15.2. The molecule has 0 spiro atoms. The first-order valence-electron chi connectivity index (χ1n) is 34.4.